The molecular weight excluding hydrogens is 544 g/mol. The predicted molar refractivity (Wildman–Crippen MR) is 185 cm³/mol. The van der Waals surface area contributed by atoms with Gasteiger partial charge in [0, 0.05) is 73.1 Å². The lowest BCUT2D eigenvalue weighted by Gasteiger charge is -2.31. The van der Waals surface area contributed by atoms with Crippen molar-refractivity contribution >= 4 is 22.7 Å². The van der Waals surface area contributed by atoms with Crippen molar-refractivity contribution in [3.05, 3.63) is 119 Å². The first-order chi connectivity index (χ1) is 21.4. The van der Waals surface area contributed by atoms with Gasteiger partial charge in [-0.2, -0.15) is 0 Å². The summed E-state index contributed by atoms with van der Waals surface area (Å²) in [6.45, 7) is 3.34. The molecule has 4 aromatic carbocycles. The van der Waals surface area contributed by atoms with Crippen molar-refractivity contribution in [1.29, 1.82) is 0 Å². The molecule has 4 aromatic rings. The fraction of sp³-hybridized carbons (Fsp3) is 0.333. The van der Waals surface area contributed by atoms with Crippen LogP contribution in [-0.4, -0.2) is 50.3 Å². The van der Waals surface area contributed by atoms with Gasteiger partial charge in [0.15, 0.2) is 0 Å². The topological polar surface area (TPSA) is 152 Å². The molecule has 12 N–H and O–H groups in total. The lowest BCUT2D eigenvalue weighted by atomic mass is 9.99. The Labute approximate surface area is 262 Å². The molecule has 1 heterocycles. The van der Waals surface area contributed by atoms with Crippen molar-refractivity contribution < 1.29 is 0 Å². The second kappa shape index (κ2) is 15.6. The van der Waals surface area contributed by atoms with Crippen LogP contribution in [0.2, 0.25) is 0 Å². The van der Waals surface area contributed by atoms with Crippen molar-refractivity contribution in [3.8, 4) is 0 Å². The van der Waals surface area contributed by atoms with Gasteiger partial charge < -0.3 is 44.2 Å². The van der Waals surface area contributed by atoms with Crippen molar-refractivity contribution in [2.75, 3.05) is 49.1 Å². The number of hydrogen-bond donors (Lipinski definition) is 8. The third-order valence-corrected chi connectivity index (χ3v) is 8.46. The van der Waals surface area contributed by atoms with E-state index in [-0.39, 0.29) is 24.2 Å². The van der Waals surface area contributed by atoms with Crippen molar-refractivity contribution in [2.45, 2.75) is 49.9 Å². The SMILES string of the molecule is Nc1ccc(C[C@H]2CN[C@@H](Cc3ccc(N)cc3)CN[C@@H](Cc3ccc(N)cc3)CN[C@@H](Cc3ccc(N)cc3)CN2)cc1. The van der Waals surface area contributed by atoms with E-state index in [4.69, 9.17) is 22.9 Å². The molecule has 1 saturated heterocycles. The van der Waals surface area contributed by atoms with E-state index in [1.807, 2.05) is 48.5 Å². The van der Waals surface area contributed by atoms with Crippen LogP contribution < -0.4 is 44.2 Å². The third-order valence-electron chi connectivity index (χ3n) is 8.46. The standard InChI is InChI=1S/C36H48N8/c37-29-9-1-25(2-10-29)17-33-21-42-35(19-27-5-13-31(39)14-6-27)23-44-36(20-28-7-15-32(40)16-8-28)24-43-34(22-41-33)18-26-3-11-30(38)12-4-26/h1-16,33-36,41-44H,17-24,37-40H2/t33-,34-,35-,36-/m0/s1. The van der Waals surface area contributed by atoms with Crippen molar-refractivity contribution in [3.63, 3.8) is 0 Å². The maximum absolute atomic E-state index is 5.98. The van der Waals surface area contributed by atoms with Gasteiger partial charge in [-0.3, -0.25) is 0 Å². The average molecular weight is 593 g/mol. The highest BCUT2D eigenvalue weighted by atomic mass is 15.1. The fourth-order valence-corrected chi connectivity index (χ4v) is 5.85. The Morgan fingerprint density at radius 3 is 0.705 bits per heavy atom. The number of nitrogens with one attached hydrogen (secondary N) is 4. The van der Waals surface area contributed by atoms with Crippen LogP contribution in [-0.2, 0) is 25.7 Å². The fourth-order valence-electron chi connectivity index (χ4n) is 5.85. The Kier molecular flexibility index (Phi) is 11.1. The smallest absolute Gasteiger partial charge is 0.0314 e. The van der Waals surface area contributed by atoms with Gasteiger partial charge in [-0.05, 0) is 96.5 Å². The molecule has 8 nitrogen and oxygen atoms in total. The second-order valence-electron chi connectivity index (χ2n) is 12.2. The van der Waals surface area contributed by atoms with Crippen molar-refractivity contribution in [2.24, 2.45) is 0 Å². The highest BCUT2D eigenvalue weighted by Gasteiger charge is 2.21. The van der Waals surface area contributed by atoms with Crippen LogP contribution in [0.25, 0.3) is 0 Å². The van der Waals surface area contributed by atoms with E-state index in [2.05, 4.69) is 69.8 Å². The minimum Gasteiger partial charge on any atom is -0.399 e. The highest BCUT2D eigenvalue weighted by molar-refractivity contribution is 5.41. The summed E-state index contributed by atoms with van der Waals surface area (Å²) in [5.41, 5.74) is 32.1. The van der Waals surface area contributed by atoms with Crippen LogP contribution in [0.3, 0.4) is 0 Å². The first-order valence-electron chi connectivity index (χ1n) is 15.7. The summed E-state index contributed by atoms with van der Waals surface area (Å²) >= 11 is 0. The lowest BCUT2D eigenvalue weighted by molar-refractivity contribution is 0.342. The van der Waals surface area contributed by atoms with Gasteiger partial charge in [-0.25, -0.2) is 0 Å². The summed E-state index contributed by atoms with van der Waals surface area (Å²) < 4.78 is 0. The molecule has 44 heavy (non-hydrogen) atoms. The molecule has 1 aliphatic heterocycles. The van der Waals surface area contributed by atoms with E-state index in [1.165, 1.54) is 22.3 Å². The molecule has 0 amide bonds. The molecule has 0 radical (unpaired) electrons. The van der Waals surface area contributed by atoms with Gasteiger partial charge >= 0.3 is 0 Å². The first kappa shape index (κ1) is 31.3. The summed E-state index contributed by atoms with van der Waals surface area (Å²) in [6, 6.07) is 33.9. The Balaban J connectivity index is 1.36. The zero-order chi connectivity index (χ0) is 30.7. The zero-order valence-electron chi connectivity index (χ0n) is 25.5. The maximum Gasteiger partial charge on any atom is 0.0314 e. The van der Waals surface area contributed by atoms with E-state index in [1.54, 1.807) is 0 Å². The summed E-state index contributed by atoms with van der Waals surface area (Å²) in [5, 5.41) is 15.7. The van der Waals surface area contributed by atoms with Gasteiger partial charge in [0.1, 0.15) is 0 Å². The summed E-state index contributed by atoms with van der Waals surface area (Å²) in [4.78, 5) is 0. The van der Waals surface area contributed by atoms with Crippen LogP contribution in [0.4, 0.5) is 22.7 Å². The van der Waals surface area contributed by atoms with Gasteiger partial charge in [0.25, 0.3) is 0 Å². The first-order valence-corrected chi connectivity index (χ1v) is 15.7. The largest absolute Gasteiger partial charge is 0.399 e. The Bertz CT molecular complexity index is 1170. The molecular formula is C36H48N8. The number of anilines is 4. The minimum atomic E-state index is 0.244. The van der Waals surface area contributed by atoms with Gasteiger partial charge in [-0.1, -0.05) is 48.5 Å². The molecule has 5 rings (SSSR count). The van der Waals surface area contributed by atoms with Crippen LogP contribution in [0, 0.1) is 0 Å². The molecule has 0 aliphatic carbocycles. The predicted octanol–water partition coefficient (Wildman–Crippen LogP) is 3.13. The Morgan fingerprint density at radius 1 is 0.341 bits per heavy atom. The monoisotopic (exact) mass is 592 g/mol. The van der Waals surface area contributed by atoms with E-state index >= 15 is 0 Å². The molecule has 0 saturated carbocycles. The average Bonchev–Trinajstić information content (AvgIpc) is 3.02. The molecule has 0 aromatic heterocycles. The normalized spacial score (nSPS) is 21.6. The number of nitrogens with two attached hydrogens (primary N) is 4. The lowest BCUT2D eigenvalue weighted by Crippen LogP contribution is -2.55. The molecule has 8 heteroatoms. The number of benzene rings is 4. The van der Waals surface area contributed by atoms with Crippen molar-refractivity contribution in [1.82, 2.24) is 21.3 Å². The number of rotatable bonds is 8. The van der Waals surface area contributed by atoms with Crippen LogP contribution >= 0.6 is 0 Å². The van der Waals surface area contributed by atoms with Crippen LogP contribution in [0.1, 0.15) is 22.3 Å². The molecule has 232 valence electrons. The molecule has 1 aliphatic rings. The summed E-state index contributed by atoms with van der Waals surface area (Å²) in [5.74, 6) is 0. The molecule has 4 atom stereocenters. The number of nitrogen functional groups attached to an aromatic ring is 4. The summed E-state index contributed by atoms with van der Waals surface area (Å²) in [7, 11) is 0. The third kappa shape index (κ3) is 9.99. The van der Waals surface area contributed by atoms with E-state index in [9.17, 15) is 0 Å². The molecule has 1 fully saturated rings. The minimum absolute atomic E-state index is 0.244. The van der Waals surface area contributed by atoms with Gasteiger partial charge in [0.05, 0.1) is 0 Å². The van der Waals surface area contributed by atoms with Gasteiger partial charge in [0.2, 0.25) is 0 Å². The maximum atomic E-state index is 5.98. The second-order valence-corrected chi connectivity index (χ2v) is 12.2. The van der Waals surface area contributed by atoms with Crippen LogP contribution in [0.5, 0.6) is 0 Å². The Morgan fingerprint density at radius 2 is 0.523 bits per heavy atom. The number of hydrogen-bond acceptors (Lipinski definition) is 8. The highest BCUT2D eigenvalue weighted by Crippen LogP contribution is 2.14. The van der Waals surface area contributed by atoms with Crippen LogP contribution in [0.15, 0.2) is 97.1 Å². The van der Waals surface area contributed by atoms with E-state index in [0.717, 1.165) is 74.6 Å². The Hall–Kier alpha value is -4.08. The summed E-state index contributed by atoms with van der Waals surface area (Å²) in [6.07, 6.45) is 3.63. The molecule has 0 spiro atoms. The molecule has 0 unspecified atom stereocenters. The molecule has 0 bridgehead atoms. The van der Waals surface area contributed by atoms with E-state index in [0.29, 0.717) is 0 Å². The van der Waals surface area contributed by atoms with Gasteiger partial charge in [-0.15, -0.1) is 0 Å². The van der Waals surface area contributed by atoms with E-state index < -0.39 is 0 Å². The zero-order valence-corrected chi connectivity index (χ0v) is 25.5. The quantitative estimate of drug-likeness (QED) is 0.145.